The van der Waals surface area contributed by atoms with Crippen LogP contribution in [0.25, 0.3) is 0 Å². The molecule has 11 heavy (non-hydrogen) atoms. The average Bonchev–Trinajstić information content (AvgIpc) is 1.97. The molecule has 1 rings (SSSR count). The van der Waals surface area contributed by atoms with Crippen LogP contribution in [-0.2, 0) is 0 Å². The highest BCUT2D eigenvalue weighted by Gasteiger charge is 2.02. The summed E-state index contributed by atoms with van der Waals surface area (Å²) in [4.78, 5) is 0. The Kier molecular flexibility index (Phi) is 2.49. The Morgan fingerprint density at radius 1 is 1.45 bits per heavy atom. The molecule has 0 radical (unpaired) electrons. The third kappa shape index (κ3) is 1.71. The highest BCUT2D eigenvalue weighted by molar-refractivity contribution is 9.10. The van der Waals surface area contributed by atoms with Gasteiger partial charge in [0.25, 0.3) is 0 Å². The second-order valence-electron chi connectivity index (χ2n) is 2.33. The van der Waals surface area contributed by atoms with Crippen molar-refractivity contribution in [2.75, 3.05) is 12.4 Å². The van der Waals surface area contributed by atoms with Gasteiger partial charge in [0.2, 0.25) is 0 Å². The van der Waals surface area contributed by atoms with Crippen LogP contribution in [0, 0.1) is 12.7 Å². The Bertz CT molecular complexity index is 273. The topological polar surface area (TPSA) is 12.0 Å². The van der Waals surface area contributed by atoms with Crippen molar-refractivity contribution in [1.29, 1.82) is 0 Å². The van der Waals surface area contributed by atoms with E-state index in [0.29, 0.717) is 5.56 Å². The van der Waals surface area contributed by atoms with Gasteiger partial charge in [-0.25, -0.2) is 4.39 Å². The lowest BCUT2D eigenvalue weighted by Gasteiger charge is -2.04. The first-order valence-electron chi connectivity index (χ1n) is 3.28. The average molecular weight is 218 g/mol. The summed E-state index contributed by atoms with van der Waals surface area (Å²) >= 11 is 3.24. The summed E-state index contributed by atoms with van der Waals surface area (Å²) in [5.74, 6) is -0.184. The van der Waals surface area contributed by atoms with Gasteiger partial charge in [0.1, 0.15) is 5.82 Å². The van der Waals surface area contributed by atoms with Crippen molar-refractivity contribution in [2.24, 2.45) is 0 Å². The summed E-state index contributed by atoms with van der Waals surface area (Å²) in [6.45, 7) is 1.74. The zero-order valence-corrected chi connectivity index (χ0v) is 8.00. The Morgan fingerprint density at radius 3 is 2.64 bits per heavy atom. The standard InChI is InChI=1S/C8H9BrFN/c1-5-3-8(11-2)6(9)4-7(5)10/h3-4,11H,1-2H3. The van der Waals surface area contributed by atoms with Crippen LogP contribution < -0.4 is 5.32 Å². The fourth-order valence-electron chi connectivity index (χ4n) is 0.849. The van der Waals surface area contributed by atoms with E-state index in [2.05, 4.69) is 21.2 Å². The van der Waals surface area contributed by atoms with E-state index in [1.165, 1.54) is 6.07 Å². The van der Waals surface area contributed by atoms with E-state index in [1.54, 1.807) is 20.0 Å². The molecule has 0 unspecified atom stereocenters. The molecule has 0 bridgehead atoms. The molecular formula is C8H9BrFN. The maximum atomic E-state index is 12.8. The van der Waals surface area contributed by atoms with Gasteiger partial charge in [-0.05, 0) is 40.5 Å². The molecule has 0 spiro atoms. The van der Waals surface area contributed by atoms with Gasteiger partial charge >= 0.3 is 0 Å². The molecule has 0 aliphatic rings. The van der Waals surface area contributed by atoms with Crippen molar-refractivity contribution in [3.8, 4) is 0 Å². The van der Waals surface area contributed by atoms with Gasteiger partial charge < -0.3 is 5.32 Å². The van der Waals surface area contributed by atoms with Crippen molar-refractivity contribution >= 4 is 21.6 Å². The van der Waals surface area contributed by atoms with Crippen molar-refractivity contribution < 1.29 is 4.39 Å². The molecule has 0 aliphatic heterocycles. The maximum absolute atomic E-state index is 12.8. The van der Waals surface area contributed by atoms with Crippen LogP contribution in [-0.4, -0.2) is 7.05 Å². The van der Waals surface area contributed by atoms with Gasteiger partial charge in [0, 0.05) is 17.2 Å². The van der Waals surface area contributed by atoms with E-state index in [0.717, 1.165) is 10.2 Å². The zero-order valence-electron chi connectivity index (χ0n) is 6.41. The number of halogens is 2. The van der Waals surface area contributed by atoms with Gasteiger partial charge in [-0.3, -0.25) is 0 Å². The molecule has 0 aliphatic carbocycles. The minimum Gasteiger partial charge on any atom is -0.387 e. The Labute approximate surface area is 73.7 Å². The van der Waals surface area contributed by atoms with Gasteiger partial charge in [-0.15, -0.1) is 0 Å². The van der Waals surface area contributed by atoms with Crippen molar-refractivity contribution in [2.45, 2.75) is 6.92 Å². The Morgan fingerprint density at radius 2 is 2.09 bits per heavy atom. The highest BCUT2D eigenvalue weighted by atomic mass is 79.9. The second-order valence-corrected chi connectivity index (χ2v) is 3.19. The third-order valence-corrected chi connectivity index (χ3v) is 2.17. The molecule has 0 aromatic heterocycles. The fourth-order valence-corrected chi connectivity index (χ4v) is 1.36. The zero-order chi connectivity index (χ0) is 8.43. The molecule has 0 fully saturated rings. The molecule has 1 nitrogen and oxygen atoms in total. The number of rotatable bonds is 1. The molecule has 0 amide bonds. The largest absolute Gasteiger partial charge is 0.387 e. The van der Waals surface area contributed by atoms with Crippen LogP contribution in [0.2, 0.25) is 0 Å². The monoisotopic (exact) mass is 217 g/mol. The molecule has 0 atom stereocenters. The molecule has 3 heteroatoms. The lowest BCUT2D eigenvalue weighted by molar-refractivity contribution is 0.618. The minimum atomic E-state index is -0.184. The highest BCUT2D eigenvalue weighted by Crippen LogP contribution is 2.24. The van der Waals surface area contributed by atoms with Gasteiger partial charge in [-0.2, -0.15) is 0 Å². The summed E-state index contributed by atoms with van der Waals surface area (Å²) in [7, 11) is 1.80. The summed E-state index contributed by atoms with van der Waals surface area (Å²) in [6, 6.07) is 3.22. The lowest BCUT2D eigenvalue weighted by Crippen LogP contribution is -1.92. The summed E-state index contributed by atoms with van der Waals surface area (Å²) in [5.41, 5.74) is 1.56. The number of aryl methyl sites for hydroxylation is 1. The van der Waals surface area contributed by atoms with E-state index < -0.39 is 0 Å². The normalized spacial score (nSPS) is 9.82. The predicted molar refractivity (Wildman–Crippen MR) is 48.4 cm³/mol. The molecule has 1 aromatic rings. The van der Waals surface area contributed by atoms with E-state index in [1.807, 2.05) is 0 Å². The van der Waals surface area contributed by atoms with Crippen LogP contribution in [0.3, 0.4) is 0 Å². The number of hydrogen-bond donors (Lipinski definition) is 1. The molecule has 1 N–H and O–H groups in total. The number of benzene rings is 1. The van der Waals surface area contributed by atoms with Gasteiger partial charge in [-0.1, -0.05) is 0 Å². The Balaban J connectivity index is 3.21. The van der Waals surface area contributed by atoms with Crippen molar-refractivity contribution in [3.63, 3.8) is 0 Å². The molecular weight excluding hydrogens is 209 g/mol. The first-order valence-corrected chi connectivity index (χ1v) is 4.08. The van der Waals surface area contributed by atoms with E-state index in [4.69, 9.17) is 0 Å². The maximum Gasteiger partial charge on any atom is 0.127 e. The van der Waals surface area contributed by atoms with Crippen LogP contribution in [0.5, 0.6) is 0 Å². The minimum absolute atomic E-state index is 0.184. The van der Waals surface area contributed by atoms with Gasteiger partial charge in [0.05, 0.1) is 0 Å². The van der Waals surface area contributed by atoms with Gasteiger partial charge in [0.15, 0.2) is 0 Å². The number of nitrogens with one attached hydrogen (secondary N) is 1. The van der Waals surface area contributed by atoms with Crippen LogP contribution in [0.4, 0.5) is 10.1 Å². The molecule has 60 valence electrons. The first kappa shape index (κ1) is 8.53. The Hall–Kier alpha value is -0.570. The van der Waals surface area contributed by atoms with E-state index in [9.17, 15) is 4.39 Å². The van der Waals surface area contributed by atoms with Crippen molar-refractivity contribution in [3.05, 3.63) is 28.0 Å². The second kappa shape index (κ2) is 3.22. The fraction of sp³-hybridized carbons (Fsp3) is 0.250. The van der Waals surface area contributed by atoms with Crippen LogP contribution in [0.1, 0.15) is 5.56 Å². The van der Waals surface area contributed by atoms with Crippen LogP contribution >= 0.6 is 15.9 Å². The molecule has 0 saturated heterocycles. The van der Waals surface area contributed by atoms with Crippen LogP contribution in [0.15, 0.2) is 16.6 Å². The summed E-state index contributed by atoms with van der Waals surface area (Å²) in [6.07, 6.45) is 0. The predicted octanol–water partition coefficient (Wildman–Crippen LogP) is 2.94. The SMILES string of the molecule is CNc1cc(C)c(F)cc1Br. The smallest absolute Gasteiger partial charge is 0.127 e. The number of anilines is 1. The quantitative estimate of drug-likeness (QED) is 0.764. The van der Waals surface area contributed by atoms with Crippen molar-refractivity contribution in [1.82, 2.24) is 0 Å². The molecule has 0 heterocycles. The lowest BCUT2D eigenvalue weighted by atomic mass is 10.2. The number of hydrogen-bond acceptors (Lipinski definition) is 1. The van der Waals surface area contributed by atoms with E-state index in [-0.39, 0.29) is 5.82 Å². The first-order chi connectivity index (χ1) is 5.15. The summed E-state index contributed by atoms with van der Waals surface area (Å²) < 4.78 is 13.6. The molecule has 1 aromatic carbocycles. The van der Waals surface area contributed by atoms with E-state index >= 15 is 0 Å². The summed E-state index contributed by atoms with van der Waals surface area (Å²) in [5, 5.41) is 2.95. The third-order valence-electron chi connectivity index (χ3n) is 1.52. The molecule has 0 saturated carbocycles.